The summed E-state index contributed by atoms with van der Waals surface area (Å²) >= 11 is 0. The number of carboxylic acid groups (broad SMARTS) is 3. The topological polar surface area (TPSA) is 183 Å². The molecule has 1 fully saturated rings. The molecule has 0 saturated carbocycles. The predicted octanol–water partition coefficient (Wildman–Crippen LogP) is -0.913. The molecule has 46 heavy (non-hydrogen) atoms. The van der Waals surface area contributed by atoms with E-state index >= 15 is 0 Å². The first-order chi connectivity index (χ1) is 21.5. The Kier molecular flexibility index (Phi) is 20.4. The summed E-state index contributed by atoms with van der Waals surface area (Å²) in [5.41, 5.74) is 1.97. The number of carboxylic acids is 3. The van der Waals surface area contributed by atoms with E-state index in [4.69, 9.17) is 6.42 Å². The van der Waals surface area contributed by atoms with Crippen molar-refractivity contribution >= 4 is 29.7 Å². The normalized spacial score (nSPS) is 16.4. The zero-order valence-corrected chi connectivity index (χ0v) is 28.6. The van der Waals surface area contributed by atoms with Crippen LogP contribution in [0.4, 0.5) is 0 Å². The second kappa shape index (κ2) is 22.8. The molecular formula is C31H46GdN6O8. The SMILES string of the molecule is C#Cc1cccc(CCCCNC(=O)CNC(=O)C(C)N2CCN(CC(=O)O)CCN(CC(=O)O)CCN(CC(=O)O)CC2)c1.[Gd]. The maximum Gasteiger partial charge on any atom is 0.317 e. The van der Waals surface area contributed by atoms with E-state index < -0.39 is 23.9 Å². The van der Waals surface area contributed by atoms with Crippen molar-refractivity contribution in [1.29, 1.82) is 0 Å². The van der Waals surface area contributed by atoms with Crippen LogP contribution >= 0.6 is 0 Å². The van der Waals surface area contributed by atoms with Gasteiger partial charge >= 0.3 is 17.9 Å². The molecule has 14 nitrogen and oxygen atoms in total. The molecule has 256 valence electrons. The molecule has 15 heteroatoms. The van der Waals surface area contributed by atoms with Crippen molar-refractivity contribution in [2.24, 2.45) is 0 Å². The van der Waals surface area contributed by atoms with Crippen LogP contribution < -0.4 is 10.6 Å². The molecule has 0 aromatic heterocycles. The van der Waals surface area contributed by atoms with Crippen LogP contribution in [0.25, 0.3) is 0 Å². The molecule has 0 aliphatic carbocycles. The predicted molar refractivity (Wildman–Crippen MR) is 167 cm³/mol. The zero-order valence-electron chi connectivity index (χ0n) is 26.3. The van der Waals surface area contributed by atoms with Crippen molar-refractivity contribution < 1.29 is 79.2 Å². The molecule has 1 unspecified atom stereocenters. The van der Waals surface area contributed by atoms with Gasteiger partial charge < -0.3 is 26.0 Å². The minimum Gasteiger partial charge on any atom is -0.480 e. The molecule has 1 aromatic rings. The van der Waals surface area contributed by atoms with Crippen molar-refractivity contribution in [3.05, 3.63) is 35.4 Å². The number of benzene rings is 1. The minimum absolute atomic E-state index is 0. The Balaban J connectivity index is 0.0000106. The molecule has 2 amide bonds. The number of nitrogens with zero attached hydrogens (tertiary/aromatic N) is 4. The molecule has 0 bridgehead atoms. The van der Waals surface area contributed by atoms with Gasteiger partial charge in [0.15, 0.2) is 0 Å². The summed E-state index contributed by atoms with van der Waals surface area (Å²) in [7, 11) is 0. The van der Waals surface area contributed by atoms with Gasteiger partial charge in [0, 0.05) is 104 Å². The number of hydrogen-bond donors (Lipinski definition) is 5. The number of terminal acetylenes is 1. The Labute approximate surface area is 302 Å². The number of aryl methyl sites for hydroxylation is 1. The first-order valence-electron chi connectivity index (χ1n) is 15.1. The summed E-state index contributed by atoms with van der Waals surface area (Å²) in [6.07, 6.45) is 7.91. The second-order valence-electron chi connectivity index (χ2n) is 11.1. The summed E-state index contributed by atoms with van der Waals surface area (Å²) in [5.74, 6) is -1.16. The number of unbranched alkanes of at least 4 members (excludes halogenated alkanes) is 1. The van der Waals surface area contributed by atoms with E-state index in [1.54, 1.807) is 21.6 Å². The zero-order chi connectivity index (χ0) is 33.2. The minimum atomic E-state index is -1.03. The summed E-state index contributed by atoms with van der Waals surface area (Å²) < 4.78 is 0. The van der Waals surface area contributed by atoms with E-state index in [0.29, 0.717) is 19.6 Å². The number of hydrogen-bond acceptors (Lipinski definition) is 9. The van der Waals surface area contributed by atoms with E-state index in [1.807, 2.05) is 29.2 Å². The van der Waals surface area contributed by atoms with E-state index in [1.165, 1.54) is 0 Å². The van der Waals surface area contributed by atoms with Gasteiger partial charge in [0.1, 0.15) is 0 Å². The van der Waals surface area contributed by atoms with Gasteiger partial charge in [0.05, 0.1) is 32.2 Å². The Morgan fingerprint density at radius 3 is 1.78 bits per heavy atom. The third kappa shape index (κ3) is 17.3. The molecule has 0 spiro atoms. The summed E-state index contributed by atoms with van der Waals surface area (Å²) in [6, 6.07) is 7.10. The van der Waals surface area contributed by atoms with Gasteiger partial charge in [-0.15, -0.1) is 6.42 Å². The molecule has 2 rings (SSSR count). The smallest absolute Gasteiger partial charge is 0.317 e. The van der Waals surface area contributed by atoms with Crippen LogP contribution in [0.3, 0.4) is 0 Å². The van der Waals surface area contributed by atoms with Gasteiger partial charge in [-0.05, 0) is 43.9 Å². The number of rotatable bonds is 15. The fourth-order valence-electron chi connectivity index (χ4n) is 5.03. The van der Waals surface area contributed by atoms with E-state index in [9.17, 15) is 39.3 Å². The first-order valence-corrected chi connectivity index (χ1v) is 15.1. The molecule has 1 aromatic carbocycles. The van der Waals surface area contributed by atoms with E-state index in [-0.39, 0.29) is 117 Å². The molecule has 1 saturated heterocycles. The van der Waals surface area contributed by atoms with Gasteiger partial charge in [-0.2, -0.15) is 0 Å². The van der Waals surface area contributed by atoms with Gasteiger partial charge in [0.2, 0.25) is 11.8 Å². The number of amides is 2. The molecular weight excluding hydrogens is 742 g/mol. The monoisotopic (exact) mass is 788 g/mol. The second-order valence-corrected chi connectivity index (χ2v) is 11.1. The Morgan fingerprint density at radius 1 is 0.804 bits per heavy atom. The Hall–Kier alpha value is -2.71. The Morgan fingerprint density at radius 2 is 1.30 bits per heavy atom. The standard InChI is InChI=1S/C31H46N6O8.Gd/c1-3-25-8-6-9-26(19-25)7-4-5-10-32-27(38)20-33-31(45)24(2)37-17-15-35(22-29(41)42)13-11-34(21-28(39)40)12-14-36(16-18-37)23-30(43)44;/h1,6,8-9,19,24H,4-5,7,10-18,20-23H2,2H3,(H,32,38)(H,33,45)(H,39,40)(H,41,42)(H,43,44);. The van der Waals surface area contributed by atoms with Crippen molar-refractivity contribution in [3.63, 3.8) is 0 Å². The van der Waals surface area contributed by atoms with Gasteiger partial charge in [-0.1, -0.05) is 18.1 Å². The summed E-state index contributed by atoms with van der Waals surface area (Å²) in [4.78, 5) is 66.6. The van der Waals surface area contributed by atoms with Crippen LogP contribution in [0, 0.1) is 52.3 Å². The van der Waals surface area contributed by atoms with Gasteiger partial charge in [-0.25, -0.2) is 0 Å². The largest absolute Gasteiger partial charge is 0.480 e. The molecule has 1 atom stereocenters. The molecule has 0 radical (unpaired) electrons. The van der Waals surface area contributed by atoms with Crippen molar-refractivity contribution in [1.82, 2.24) is 30.2 Å². The fraction of sp³-hybridized carbons (Fsp3) is 0.581. The van der Waals surface area contributed by atoms with Crippen LogP contribution in [-0.2, 0) is 30.4 Å². The quantitative estimate of drug-likeness (QED) is 0.109. The molecule has 1 heterocycles. The van der Waals surface area contributed by atoms with Crippen LogP contribution in [0.2, 0.25) is 0 Å². The fourth-order valence-corrected chi connectivity index (χ4v) is 5.03. The average molecular weight is 788 g/mol. The molecule has 5 N–H and O–H groups in total. The van der Waals surface area contributed by atoms with E-state index in [0.717, 1.165) is 30.4 Å². The van der Waals surface area contributed by atoms with Gasteiger partial charge in [-0.3, -0.25) is 43.6 Å². The third-order valence-electron chi connectivity index (χ3n) is 7.61. The van der Waals surface area contributed by atoms with Crippen LogP contribution in [-0.4, -0.2) is 156 Å². The number of nitrogens with one attached hydrogen (secondary N) is 2. The third-order valence-corrected chi connectivity index (χ3v) is 7.61. The number of aliphatic carboxylic acids is 3. The average Bonchev–Trinajstić information content (AvgIpc) is 2.98. The maximum atomic E-state index is 13.0. The molecule has 1 aliphatic heterocycles. The van der Waals surface area contributed by atoms with Crippen LogP contribution in [0.1, 0.15) is 30.9 Å². The van der Waals surface area contributed by atoms with Crippen molar-refractivity contribution in [3.8, 4) is 12.3 Å². The maximum absolute atomic E-state index is 13.0. The van der Waals surface area contributed by atoms with Crippen LogP contribution in [0.15, 0.2) is 24.3 Å². The Bertz CT molecular complexity index is 1160. The van der Waals surface area contributed by atoms with Crippen molar-refractivity contribution in [2.45, 2.75) is 32.2 Å². The van der Waals surface area contributed by atoms with Crippen LogP contribution in [0.5, 0.6) is 0 Å². The first kappa shape index (κ1) is 41.3. The van der Waals surface area contributed by atoms with Gasteiger partial charge in [0.25, 0.3) is 0 Å². The van der Waals surface area contributed by atoms with E-state index in [2.05, 4.69) is 16.6 Å². The number of carbonyl (C=O) groups excluding carboxylic acids is 2. The van der Waals surface area contributed by atoms with Crippen molar-refractivity contribution in [2.75, 3.05) is 85.1 Å². The number of carbonyl (C=O) groups is 5. The summed E-state index contributed by atoms with van der Waals surface area (Å²) in [6.45, 7) is 3.52. The molecule has 1 aliphatic rings. The summed E-state index contributed by atoms with van der Waals surface area (Å²) in [5, 5.41) is 33.6.